The number of aliphatic hydroxyl groups is 1. The van der Waals surface area contributed by atoms with Crippen molar-refractivity contribution in [1.82, 2.24) is 4.90 Å². The molecule has 1 saturated heterocycles. The van der Waals surface area contributed by atoms with E-state index in [0.717, 1.165) is 19.4 Å². The summed E-state index contributed by atoms with van der Waals surface area (Å²) in [6.45, 7) is 3.11. The van der Waals surface area contributed by atoms with Gasteiger partial charge in [0.1, 0.15) is 24.7 Å². The zero-order valence-electron chi connectivity index (χ0n) is 10.4. The van der Waals surface area contributed by atoms with Gasteiger partial charge >= 0.3 is 0 Å². The molecule has 1 fully saturated rings. The Kier molecular flexibility index (Phi) is 4.73. The monoisotopic (exact) mass is 249 g/mol. The van der Waals surface area contributed by atoms with Crippen molar-refractivity contribution in [3.63, 3.8) is 0 Å². The van der Waals surface area contributed by atoms with E-state index in [-0.39, 0.29) is 6.61 Å². The van der Waals surface area contributed by atoms with Crippen LogP contribution in [0.4, 0.5) is 0 Å². The molecule has 18 heavy (non-hydrogen) atoms. The number of aldehydes is 1. The van der Waals surface area contributed by atoms with Gasteiger partial charge in [0.2, 0.25) is 0 Å². The number of β-amino-alcohol motifs (C(OH)–C–C–N with tert-alkyl or cyclic N) is 1. The van der Waals surface area contributed by atoms with Crippen molar-refractivity contribution in [2.24, 2.45) is 0 Å². The number of aliphatic hydroxyl groups excluding tert-OH is 1. The molecule has 4 heteroatoms. The third-order valence-electron chi connectivity index (χ3n) is 3.13. The van der Waals surface area contributed by atoms with E-state index in [1.807, 2.05) is 0 Å². The van der Waals surface area contributed by atoms with E-state index in [0.29, 0.717) is 17.9 Å². The second kappa shape index (κ2) is 6.52. The zero-order chi connectivity index (χ0) is 12.8. The molecular weight excluding hydrogens is 230 g/mol. The Morgan fingerprint density at radius 1 is 1.28 bits per heavy atom. The van der Waals surface area contributed by atoms with E-state index in [1.165, 1.54) is 12.8 Å². The number of carbonyl (C=O) groups is 1. The fraction of sp³-hybridized carbons (Fsp3) is 0.500. The summed E-state index contributed by atoms with van der Waals surface area (Å²) in [4.78, 5) is 12.7. The number of likely N-dealkylation sites (tertiary alicyclic amines) is 1. The van der Waals surface area contributed by atoms with E-state index in [2.05, 4.69) is 4.90 Å². The van der Waals surface area contributed by atoms with Crippen LogP contribution in [-0.4, -0.2) is 48.6 Å². The van der Waals surface area contributed by atoms with Crippen LogP contribution in [0.1, 0.15) is 23.2 Å². The van der Waals surface area contributed by atoms with Gasteiger partial charge in [-0.15, -0.1) is 0 Å². The number of carbonyl (C=O) groups excluding carboxylic acids is 1. The van der Waals surface area contributed by atoms with Gasteiger partial charge in [-0.2, -0.15) is 0 Å². The Labute approximate surface area is 107 Å². The molecule has 1 aromatic carbocycles. The van der Waals surface area contributed by atoms with E-state index >= 15 is 0 Å². The van der Waals surface area contributed by atoms with Gasteiger partial charge in [-0.05, 0) is 50.2 Å². The first-order valence-corrected chi connectivity index (χ1v) is 6.36. The molecule has 0 aliphatic carbocycles. The predicted molar refractivity (Wildman–Crippen MR) is 69.0 cm³/mol. The van der Waals surface area contributed by atoms with Crippen LogP contribution in [0.2, 0.25) is 0 Å². The molecule has 0 spiro atoms. The van der Waals surface area contributed by atoms with Crippen LogP contribution in [0.15, 0.2) is 24.3 Å². The molecule has 0 bridgehead atoms. The van der Waals surface area contributed by atoms with Gasteiger partial charge in [0.05, 0.1) is 0 Å². The molecule has 98 valence electrons. The molecule has 4 nitrogen and oxygen atoms in total. The first-order valence-electron chi connectivity index (χ1n) is 6.36. The summed E-state index contributed by atoms with van der Waals surface area (Å²) in [5.74, 6) is 0.682. The fourth-order valence-electron chi connectivity index (χ4n) is 2.15. The molecule has 0 aromatic heterocycles. The van der Waals surface area contributed by atoms with Crippen molar-refractivity contribution in [2.75, 3.05) is 26.2 Å². The van der Waals surface area contributed by atoms with Crippen LogP contribution in [0.5, 0.6) is 5.75 Å². The highest BCUT2D eigenvalue weighted by Gasteiger charge is 2.15. The van der Waals surface area contributed by atoms with Crippen molar-refractivity contribution in [1.29, 1.82) is 0 Å². The standard InChI is InChI=1S/C14H19NO3/c16-10-12-3-5-14(6-4-12)18-11-13(17)9-15-7-1-2-8-15/h3-6,10,13,17H,1-2,7-9,11H2. The molecule has 1 heterocycles. The minimum Gasteiger partial charge on any atom is -0.491 e. The van der Waals surface area contributed by atoms with E-state index in [9.17, 15) is 9.90 Å². The van der Waals surface area contributed by atoms with Crippen LogP contribution in [0.25, 0.3) is 0 Å². The number of hydrogen-bond donors (Lipinski definition) is 1. The van der Waals surface area contributed by atoms with Gasteiger partial charge in [-0.1, -0.05) is 0 Å². The average molecular weight is 249 g/mol. The number of ether oxygens (including phenoxy) is 1. The molecule has 1 aliphatic rings. The molecule has 0 radical (unpaired) electrons. The summed E-state index contributed by atoms with van der Waals surface area (Å²) >= 11 is 0. The molecule has 2 rings (SSSR count). The van der Waals surface area contributed by atoms with Crippen molar-refractivity contribution in [3.05, 3.63) is 29.8 Å². The minimum absolute atomic E-state index is 0.289. The lowest BCUT2D eigenvalue weighted by Gasteiger charge is -2.19. The maximum Gasteiger partial charge on any atom is 0.150 e. The largest absolute Gasteiger partial charge is 0.491 e. The van der Waals surface area contributed by atoms with Crippen molar-refractivity contribution < 1.29 is 14.6 Å². The average Bonchev–Trinajstić information content (AvgIpc) is 2.90. The summed E-state index contributed by atoms with van der Waals surface area (Å²) in [7, 11) is 0. The van der Waals surface area contributed by atoms with Crippen LogP contribution in [0, 0.1) is 0 Å². The maximum absolute atomic E-state index is 10.5. The van der Waals surface area contributed by atoms with E-state index < -0.39 is 6.10 Å². The Morgan fingerprint density at radius 2 is 1.94 bits per heavy atom. The molecule has 1 aromatic rings. The molecule has 1 atom stereocenters. The second-order valence-electron chi connectivity index (χ2n) is 4.66. The normalized spacial score (nSPS) is 17.6. The Bertz CT molecular complexity index is 371. The minimum atomic E-state index is -0.464. The van der Waals surface area contributed by atoms with Gasteiger partial charge in [0.15, 0.2) is 0 Å². The Morgan fingerprint density at radius 3 is 2.56 bits per heavy atom. The zero-order valence-corrected chi connectivity index (χ0v) is 10.4. The van der Waals surface area contributed by atoms with Crippen LogP contribution in [-0.2, 0) is 0 Å². The lowest BCUT2D eigenvalue weighted by molar-refractivity contribution is 0.0758. The van der Waals surface area contributed by atoms with Crippen LogP contribution < -0.4 is 4.74 Å². The lowest BCUT2D eigenvalue weighted by Crippen LogP contribution is -2.33. The quantitative estimate of drug-likeness (QED) is 0.773. The van der Waals surface area contributed by atoms with Crippen molar-refractivity contribution in [3.8, 4) is 5.75 Å². The number of nitrogens with zero attached hydrogens (tertiary/aromatic N) is 1. The SMILES string of the molecule is O=Cc1ccc(OCC(O)CN2CCCC2)cc1. The summed E-state index contributed by atoms with van der Waals surface area (Å²) in [5.41, 5.74) is 0.625. The molecule has 0 saturated carbocycles. The van der Waals surface area contributed by atoms with Gasteiger partial charge in [0.25, 0.3) is 0 Å². The first-order chi connectivity index (χ1) is 8.78. The summed E-state index contributed by atoms with van der Waals surface area (Å²) in [6.07, 6.45) is 2.78. The van der Waals surface area contributed by atoms with Crippen LogP contribution in [0.3, 0.4) is 0 Å². The third-order valence-corrected chi connectivity index (χ3v) is 3.13. The first kappa shape index (κ1) is 13.1. The van der Waals surface area contributed by atoms with Gasteiger partial charge in [-0.3, -0.25) is 4.79 Å². The number of benzene rings is 1. The van der Waals surface area contributed by atoms with Crippen molar-refractivity contribution in [2.45, 2.75) is 18.9 Å². The highest BCUT2D eigenvalue weighted by atomic mass is 16.5. The topological polar surface area (TPSA) is 49.8 Å². The molecule has 1 unspecified atom stereocenters. The van der Waals surface area contributed by atoms with E-state index in [1.54, 1.807) is 24.3 Å². The van der Waals surface area contributed by atoms with Gasteiger partial charge < -0.3 is 14.7 Å². The lowest BCUT2D eigenvalue weighted by atomic mass is 10.2. The molecular formula is C14H19NO3. The Hall–Kier alpha value is -1.39. The van der Waals surface area contributed by atoms with Crippen molar-refractivity contribution >= 4 is 6.29 Å². The van der Waals surface area contributed by atoms with Gasteiger partial charge in [0, 0.05) is 12.1 Å². The van der Waals surface area contributed by atoms with E-state index in [4.69, 9.17) is 4.74 Å². The maximum atomic E-state index is 10.5. The highest BCUT2D eigenvalue weighted by Crippen LogP contribution is 2.12. The third kappa shape index (κ3) is 3.82. The summed E-state index contributed by atoms with van der Waals surface area (Å²) in [5, 5.41) is 9.85. The number of hydrogen-bond acceptors (Lipinski definition) is 4. The Balaban J connectivity index is 1.73. The number of rotatable bonds is 6. The van der Waals surface area contributed by atoms with Crippen LogP contribution >= 0.6 is 0 Å². The molecule has 1 N–H and O–H groups in total. The second-order valence-corrected chi connectivity index (χ2v) is 4.66. The predicted octanol–water partition coefficient (Wildman–Crippen LogP) is 1.33. The fourth-order valence-corrected chi connectivity index (χ4v) is 2.15. The van der Waals surface area contributed by atoms with Gasteiger partial charge in [-0.25, -0.2) is 0 Å². The smallest absolute Gasteiger partial charge is 0.150 e. The molecule has 1 aliphatic heterocycles. The summed E-state index contributed by atoms with van der Waals surface area (Å²) < 4.78 is 5.48. The molecule has 0 amide bonds. The summed E-state index contributed by atoms with van der Waals surface area (Å²) in [6, 6.07) is 6.89. The highest BCUT2D eigenvalue weighted by molar-refractivity contribution is 5.74.